The summed E-state index contributed by atoms with van der Waals surface area (Å²) in [5.74, 6) is 0.215. The largest absolute Gasteiger partial charge is 0.368 e. The number of halogens is 1. The molecule has 1 aliphatic heterocycles. The first-order chi connectivity index (χ1) is 20.5. The van der Waals surface area contributed by atoms with Gasteiger partial charge in [0.05, 0.1) is 28.4 Å². The Hall–Kier alpha value is -3.11. The first-order valence-corrected chi connectivity index (χ1v) is 11.2. The van der Waals surface area contributed by atoms with E-state index in [0.29, 0.717) is 4.88 Å². The molecule has 1 fully saturated rings. The van der Waals surface area contributed by atoms with Crippen LogP contribution in [-0.2, 0) is 0 Å². The van der Waals surface area contributed by atoms with Crippen LogP contribution < -0.4 is 10.2 Å². The standard InChI is InChI=1S/C24H29FN8S/c1-14(2)33-16(4)28-20-15(3)22(34-23(20)33)21-18(25)13-27-24(30-21)29-19-7-6-17(12-26-19)32-10-8-31(5)9-11-32/h6-7,12-14H,8-11H2,1-5H3,(H,26,27,29,30)/i5D3,8D2,9D2,10D2,11D2. The summed E-state index contributed by atoms with van der Waals surface area (Å²) < 4.78 is 107. The number of fused-ring (bicyclic) bond motifs is 1. The van der Waals surface area contributed by atoms with E-state index in [0.717, 1.165) is 40.2 Å². The highest BCUT2D eigenvalue weighted by atomic mass is 32.1. The highest BCUT2D eigenvalue weighted by molar-refractivity contribution is 7.22. The Bertz CT molecular complexity index is 1740. The van der Waals surface area contributed by atoms with Gasteiger partial charge in [-0.2, -0.15) is 0 Å². The lowest BCUT2D eigenvalue weighted by Crippen LogP contribution is -2.44. The molecule has 178 valence electrons. The van der Waals surface area contributed by atoms with Crippen molar-refractivity contribution in [2.75, 3.05) is 43.2 Å². The predicted molar refractivity (Wildman–Crippen MR) is 136 cm³/mol. The van der Waals surface area contributed by atoms with Crippen LogP contribution in [0.2, 0.25) is 0 Å². The molecular formula is C24H29FN8S. The second kappa shape index (κ2) is 8.92. The van der Waals surface area contributed by atoms with Crippen molar-refractivity contribution in [2.24, 2.45) is 0 Å². The van der Waals surface area contributed by atoms with E-state index < -0.39 is 43.7 Å². The zero-order valence-electron chi connectivity index (χ0n) is 29.8. The molecular weight excluding hydrogens is 451 g/mol. The molecule has 0 aromatic carbocycles. The van der Waals surface area contributed by atoms with Crippen molar-refractivity contribution >= 4 is 39.1 Å². The fourth-order valence-electron chi connectivity index (χ4n) is 3.66. The zero-order chi connectivity index (χ0) is 33.7. The van der Waals surface area contributed by atoms with E-state index >= 15 is 4.39 Å². The van der Waals surface area contributed by atoms with E-state index in [-0.39, 0.29) is 34.1 Å². The van der Waals surface area contributed by atoms with Gasteiger partial charge < -0.3 is 19.7 Å². The number of nitrogens with one attached hydrogen (secondary N) is 1. The normalized spacial score (nSPS) is 26.1. The summed E-state index contributed by atoms with van der Waals surface area (Å²) in [5, 5.41) is 2.81. The number of hydrogen-bond donors (Lipinski definition) is 1. The van der Waals surface area contributed by atoms with Crippen molar-refractivity contribution in [3.8, 4) is 10.6 Å². The number of rotatable bonds is 5. The van der Waals surface area contributed by atoms with E-state index in [4.69, 9.17) is 15.1 Å². The second-order valence-corrected chi connectivity index (χ2v) is 8.87. The molecule has 1 aliphatic rings. The van der Waals surface area contributed by atoms with Crippen molar-refractivity contribution in [2.45, 2.75) is 33.7 Å². The minimum atomic E-state index is -3.51. The van der Waals surface area contributed by atoms with E-state index in [2.05, 4.69) is 29.8 Å². The van der Waals surface area contributed by atoms with Crippen molar-refractivity contribution in [1.82, 2.24) is 29.4 Å². The van der Waals surface area contributed by atoms with Gasteiger partial charge in [-0.05, 0) is 52.4 Å². The van der Waals surface area contributed by atoms with E-state index in [1.54, 1.807) is 0 Å². The van der Waals surface area contributed by atoms with E-state index in [1.165, 1.54) is 17.4 Å². The molecule has 0 saturated carbocycles. The van der Waals surface area contributed by atoms with Crippen LogP contribution in [-0.4, -0.2) is 62.4 Å². The molecule has 0 amide bonds. The molecule has 1 N–H and O–H groups in total. The van der Waals surface area contributed by atoms with Crippen molar-refractivity contribution in [1.29, 1.82) is 0 Å². The number of nitrogens with zero attached hydrogens (tertiary/aromatic N) is 7. The Balaban J connectivity index is 1.48. The quantitative estimate of drug-likeness (QED) is 0.430. The third-order valence-corrected chi connectivity index (χ3v) is 6.49. The lowest BCUT2D eigenvalue weighted by molar-refractivity contribution is 0.313. The summed E-state index contributed by atoms with van der Waals surface area (Å²) >= 11 is 1.35. The Morgan fingerprint density at radius 2 is 1.91 bits per heavy atom. The number of pyridine rings is 1. The summed E-state index contributed by atoms with van der Waals surface area (Å²) in [6.07, 6.45) is 1.96. The summed E-state index contributed by atoms with van der Waals surface area (Å²) in [6.45, 7) is -9.51. The number of anilines is 3. The number of aromatic nitrogens is 5. The lowest BCUT2D eigenvalue weighted by Gasteiger charge is -2.33. The third kappa shape index (κ3) is 4.12. The Morgan fingerprint density at radius 3 is 2.59 bits per heavy atom. The van der Waals surface area contributed by atoms with Crippen molar-refractivity contribution in [3.63, 3.8) is 0 Å². The van der Waals surface area contributed by atoms with Gasteiger partial charge in [0, 0.05) is 41.6 Å². The second-order valence-electron chi connectivity index (χ2n) is 7.87. The van der Waals surface area contributed by atoms with Crippen LogP contribution in [0, 0.1) is 19.7 Å². The molecule has 0 aliphatic carbocycles. The van der Waals surface area contributed by atoms with Gasteiger partial charge in [0.15, 0.2) is 5.82 Å². The molecule has 4 aromatic heterocycles. The highest BCUT2D eigenvalue weighted by Gasteiger charge is 2.22. The van der Waals surface area contributed by atoms with Crippen molar-refractivity contribution < 1.29 is 19.5 Å². The summed E-state index contributed by atoms with van der Waals surface area (Å²) in [7, 11) is 0. The maximum absolute atomic E-state index is 15.0. The molecule has 0 atom stereocenters. The first kappa shape index (κ1) is 13.1. The molecule has 1 saturated heterocycles. The maximum atomic E-state index is 15.0. The van der Waals surface area contributed by atoms with Gasteiger partial charge in [0.2, 0.25) is 5.95 Å². The average molecular weight is 492 g/mol. The first-order valence-electron chi connectivity index (χ1n) is 15.9. The Labute approximate surface area is 217 Å². The van der Waals surface area contributed by atoms with Gasteiger partial charge in [0.25, 0.3) is 0 Å². The van der Waals surface area contributed by atoms with Crippen molar-refractivity contribution in [3.05, 3.63) is 41.7 Å². The number of hydrogen-bond acceptors (Lipinski definition) is 8. The molecule has 0 bridgehead atoms. The molecule has 4 aromatic rings. The van der Waals surface area contributed by atoms with Gasteiger partial charge in [-0.1, -0.05) is 0 Å². The van der Waals surface area contributed by atoms with E-state index in [9.17, 15) is 0 Å². The highest BCUT2D eigenvalue weighted by Crippen LogP contribution is 2.39. The Morgan fingerprint density at radius 1 is 1.12 bits per heavy atom. The van der Waals surface area contributed by atoms with Gasteiger partial charge in [0.1, 0.15) is 27.7 Å². The molecule has 34 heavy (non-hydrogen) atoms. The number of aryl methyl sites for hydroxylation is 2. The summed E-state index contributed by atoms with van der Waals surface area (Å²) in [6, 6.07) is 2.55. The average Bonchev–Trinajstić information content (AvgIpc) is 3.38. The number of imidazole rings is 1. The van der Waals surface area contributed by atoms with Gasteiger partial charge >= 0.3 is 0 Å². The zero-order valence-corrected chi connectivity index (χ0v) is 19.6. The molecule has 0 spiro atoms. The summed E-state index contributed by atoms with van der Waals surface area (Å²) in [5.41, 5.74) is 1.17. The van der Waals surface area contributed by atoms with E-state index in [1.807, 2.05) is 27.7 Å². The van der Waals surface area contributed by atoms with Crippen LogP contribution in [0.3, 0.4) is 0 Å². The van der Waals surface area contributed by atoms with Gasteiger partial charge in [-0.15, -0.1) is 11.3 Å². The number of likely N-dealkylation sites (N-methyl/N-ethyl adjacent to an activating group) is 1. The summed E-state index contributed by atoms with van der Waals surface area (Å²) in [4.78, 5) is 18.3. The smallest absolute Gasteiger partial charge is 0.229 e. The molecule has 10 heteroatoms. The van der Waals surface area contributed by atoms with Crippen LogP contribution in [0.25, 0.3) is 20.9 Å². The lowest BCUT2D eigenvalue weighted by atomic mass is 10.2. The topological polar surface area (TPSA) is 75.0 Å². The SMILES string of the molecule is [2H]C([2H])([2H])N1C([2H])([2H])C([2H])([2H])N(c2ccc(Nc3ncc(F)c(-c4sc5c(nc(C)n5C(C)C)c4C)n3)nc2)C([2H])([2H])C1([2H])[2H]. The maximum Gasteiger partial charge on any atom is 0.229 e. The Kier molecular flexibility index (Phi) is 3.44. The predicted octanol–water partition coefficient (Wildman–Crippen LogP) is 4.78. The molecule has 8 nitrogen and oxygen atoms in total. The molecule has 5 heterocycles. The van der Waals surface area contributed by atoms with Crippen LogP contribution in [0.15, 0.2) is 24.5 Å². The molecule has 0 radical (unpaired) electrons. The minimum Gasteiger partial charge on any atom is -0.368 e. The molecule has 5 rings (SSSR count). The fourth-order valence-corrected chi connectivity index (χ4v) is 5.08. The van der Waals surface area contributed by atoms with Gasteiger partial charge in [-0.3, -0.25) is 0 Å². The minimum absolute atomic E-state index is 0.0374. The molecule has 0 unspecified atom stereocenters. The number of piperazine rings is 1. The van der Waals surface area contributed by atoms with Crippen LogP contribution in [0.1, 0.15) is 46.4 Å². The van der Waals surface area contributed by atoms with Crippen LogP contribution >= 0.6 is 11.3 Å². The number of thiophene rings is 1. The van der Waals surface area contributed by atoms with Crippen LogP contribution in [0.5, 0.6) is 0 Å². The van der Waals surface area contributed by atoms with Crippen LogP contribution in [0.4, 0.5) is 21.8 Å². The monoisotopic (exact) mass is 491 g/mol. The fraction of sp³-hybridized carbons (Fsp3) is 0.417. The third-order valence-electron chi connectivity index (χ3n) is 5.21. The van der Waals surface area contributed by atoms with Gasteiger partial charge in [-0.25, -0.2) is 24.3 Å².